The first kappa shape index (κ1) is 12.9. The predicted molar refractivity (Wildman–Crippen MR) is 78.1 cm³/mol. The van der Waals surface area contributed by atoms with Gasteiger partial charge in [0.05, 0.1) is 5.69 Å². The molecule has 21 heavy (non-hydrogen) atoms. The number of benzene rings is 2. The summed E-state index contributed by atoms with van der Waals surface area (Å²) in [4.78, 5) is 24.3. The van der Waals surface area contributed by atoms with Crippen LogP contribution in [0.4, 0.5) is 10.5 Å². The summed E-state index contributed by atoms with van der Waals surface area (Å²) in [6.45, 7) is 3.60. The van der Waals surface area contributed by atoms with Gasteiger partial charge in [-0.15, -0.1) is 0 Å². The first-order chi connectivity index (χ1) is 10.1. The molecule has 0 spiro atoms. The molecule has 5 heteroatoms. The SMILES string of the molecule is C=C1C(=O)NC(=O)N1c1ccc(Oc2ccccc2)cc1. The van der Waals surface area contributed by atoms with E-state index in [4.69, 9.17) is 4.74 Å². The Morgan fingerprint density at radius 1 is 0.905 bits per heavy atom. The number of carbonyl (C=O) groups excluding carboxylic acids is 2. The summed E-state index contributed by atoms with van der Waals surface area (Å²) in [7, 11) is 0. The van der Waals surface area contributed by atoms with Crippen molar-refractivity contribution in [3.63, 3.8) is 0 Å². The van der Waals surface area contributed by atoms with Crippen molar-refractivity contribution in [1.29, 1.82) is 0 Å². The summed E-state index contributed by atoms with van der Waals surface area (Å²) >= 11 is 0. The van der Waals surface area contributed by atoms with Crippen LogP contribution in [0.3, 0.4) is 0 Å². The van der Waals surface area contributed by atoms with E-state index in [1.54, 1.807) is 24.3 Å². The summed E-state index contributed by atoms with van der Waals surface area (Å²) in [6.07, 6.45) is 0. The number of amides is 3. The molecule has 1 aliphatic rings. The minimum atomic E-state index is -0.498. The van der Waals surface area contributed by atoms with Gasteiger partial charge in [0.1, 0.15) is 17.2 Å². The molecule has 0 saturated carbocycles. The number of hydrogen-bond donors (Lipinski definition) is 1. The lowest BCUT2D eigenvalue weighted by Crippen LogP contribution is -2.27. The Hall–Kier alpha value is -3.08. The summed E-state index contributed by atoms with van der Waals surface area (Å²) < 4.78 is 5.66. The number of anilines is 1. The highest BCUT2D eigenvalue weighted by Gasteiger charge is 2.32. The standard InChI is InChI=1S/C16H12N2O3/c1-11-15(19)17-16(20)18(11)12-7-9-14(10-8-12)21-13-5-3-2-4-6-13/h2-10H,1H2,(H,17,19,20). The van der Waals surface area contributed by atoms with E-state index in [2.05, 4.69) is 11.9 Å². The molecule has 1 N–H and O–H groups in total. The minimum Gasteiger partial charge on any atom is -0.457 e. The number of hydrogen-bond acceptors (Lipinski definition) is 3. The molecule has 0 aliphatic carbocycles. The fourth-order valence-electron chi connectivity index (χ4n) is 2.01. The van der Waals surface area contributed by atoms with Crippen molar-refractivity contribution in [3.05, 3.63) is 66.9 Å². The monoisotopic (exact) mass is 280 g/mol. The molecule has 3 amide bonds. The number of imide groups is 1. The Kier molecular flexibility index (Phi) is 3.16. The Balaban J connectivity index is 1.80. The van der Waals surface area contributed by atoms with E-state index in [9.17, 15) is 9.59 Å². The quantitative estimate of drug-likeness (QED) is 0.694. The van der Waals surface area contributed by atoms with E-state index in [1.165, 1.54) is 4.90 Å². The second-order valence-corrected chi connectivity index (χ2v) is 4.45. The van der Waals surface area contributed by atoms with Crippen molar-refractivity contribution in [1.82, 2.24) is 5.32 Å². The zero-order chi connectivity index (χ0) is 14.8. The molecule has 0 aromatic heterocycles. The molecule has 5 nitrogen and oxygen atoms in total. The summed E-state index contributed by atoms with van der Waals surface area (Å²) in [6, 6.07) is 15.7. The zero-order valence-electron chi connectivity index (χ0n) is 11.1. The van der Waals surface area contributed by atoms with E-state index in [1.807, 2.05) is 30.3 Å². The number of carbonyl (C=O) groups is 2. The highest BCUT2D eigenvalue weighted by molar-refractivity contribution is 6.21. The lowest BCUT2D eigenvalue weighted by Gasteiger charge is -2.14. The van der Waals surface area contributed by atoms with Gasteiger partial charge in [-0.2, -0.15) is 0 Å². The van der Waals surface area contributed by atoms with Crippen LogP contribution in [-0.2, 0) is 4.79 Å². The summed E-state index contributed by atoms with van der Waals surface area (Å²) in [5, 5.41) is 2.19. The highest BCUT2D eigenvalue weighted by Crippen LogP contribution is 2.27. The summed E-state index contributed by atoms with van der Waals surface area (Å²) in [5.41, 5.74) is 0.667. The van der Waals surface area contributed by atoms with Crippen molar-refractivity contribution in [2.75, 3.05) is 4.90 Å². The molecule has 0 radical (unpaired) electrons. The van der Waals surface area contributed by atoms with E-state index >= 15 is 0 Å². The second-order valence-electron chi connectivity index (χ2n) is 4.45. The van der Waals surface area contributed by atoms with E-state index in [0.29, 0.717) is 11.4 Å². The number of urea groups is 1. The lowest BCUT2D eigenvalue weighted by atomic mass is 10.2. The summed E-state index contributed by atoms with van der Waals surface area (Å²) in [5.74, 6) is 0.884. The smallest absolute Gasteiger partial charge is 0.333 e. The molecule has 1 fully saturated rings. The van der Waals surface area contributed by atoms with Crippen molar-refractivity contribution < 1.29 is 14.3 Å². The van der Waals surface area contributed by atoms with Gasteiger partial charge >= 0.3 is 6.03 Å². The first-order valence-electron chi connectivity index (χ1n) is 6.32. The van der Waals surface area contributed by atoms with Crippen LogP contribution in [0.25, 0.3) is 0 Å². The van der Waals surface area contributed by atoms with Gasteiger partial charge in [-0.3, -0.25) is 15.0 Å². The number of nitrogens with zero attached hydrogens (tertiary/aromatic N) is 1. The third-order valence-corrected chi connectivity index (χ3v) is 3.03. The van der Waals surface area contributed by atoms with Crippen LogP contribution in [0.5, 0.6) is 11.5 Å². The molecule has 1 aliphatic heterocycles. The molecule has 104 valence electrons. The largest absolute Gasteiger partial charge is 0.457 e. The van der Waals surface area contributed by atoms with E-state index in [-0.39, 0.29) is 5.70 Å². The number of nitrogens with one attached hydrogen (secondary N) is 1. The Morgan fingerprint density at radius 2 is 1.52 bits per heavy atom. The molecule has 2 aromatic rings. The molecule has 3 rings (SSSR count). The highest BCUT2D eigenvalue weighted by atomic mass is 16.5. The maximum absolute atomic E-state index is 11.7. The average Bonchev–Trinajstić information content (AvgIpc) is 2.74. The van der Waals surface area contributed by atoms with Gasteiger partial charge in [0.25, 0.3) is 5.91 Å². The van der Waals surface area contributed by atoms with E-state index in [0.717, 1.165) is 5.75 Å². The molecule has 1 heterocycles. The van der Waals surface area contributed by atoms with Gasteiger partial charge in [0.15, 0.2) is 0 Å². The number of rotatable bonds is 3. The third kappa shape index (κ3) is 2.49. The predicted octanol–water partition coefficient (Wildman–Crippen LogP) is 3.05. The van der Waals surface area contributed by atoms with Gasteiger partial charge in [0.2, 0.25) is 0 Å². The van der Waals surface area contributed by atoms with Crippen LogP contribution < -0.4 is 15.0 Å². The molecule has 2 aromatic carbocycles. The molecular weight excluding hydrogens is 268 g/mol. The second kappa shape index (κ2) is 5.13. The number of para-hydroxylation sites is 1. The van der Waals surface area contributed by atoms with E-state index < -0.39 is 11.9 Å². The molecule has 1 saturated heterocycles. The van der Waals surface area contributed by atoms with Gasteiger partial charge < -0.3 is 4.74 Å². The Labute approximate surface area is 121 Å². The van der Waals surface area contributed by atoms with Crippen molar-refractivity contribution >= 4 is 17.6 Å². The zero-order valence-corrected chi connectivity index (χ0v) is 11.1. The third-order valence-electron chi connectivity index (χ3n) is 3.03. The fraction of sp³-hybridized carbons (Fsp3) is 0. The average molecular weight is 280 g/mol. The Morgan fingerprint density at radius 3 is 2.10 bits per heavy atom. The van der Waals surface area contributed by atoms with Gasteiger partial charge in [0, 0.05) is 0 Å². The number of ether oxygens (including phenoxy) is 1. The Bertz CT molecular complexity index is 708. The molecule has 0 bridgehead atoms. The van der Waals surface area contributed by atoms with Crippen LogP contribution in [0, 0.1) is 0 Å². The van der Waals surface area contributed by atoms with Crippen LogP contribution in [0.1, 0.15) is 0 Å². The lowest BCUT2D eigenvalue weighted by molar-refractivity contribution is -0.115. The van der Waals surface area contributed by atoms with Crippen LogP contribution >= 0.6 is 0 Å². The fourth-order valence-corrected chi connectivity index (χ4v) is 2.01. The van der Waals surface area contributed by atoms with Crippen LogP contribution in [-0.4, -0.2) is 11.9 Å². The normalized spacial score (nSPS) is 14.3. The maximum atomic E-state index is 11.7. The molecule has 0 unspecified atom stereocenters. The molecular formula is C16H12N2O3. The topological polar surface area (TPSA) is 58.6 Å². The van der Waals surface area contributed by atoms with Gasteiger partial charge in [-0.05, 0) is 36.4 Å². The van der Waals surface area contributed by atoms with Gasteiger partial charge in [-0.25, -0.2) is 4.79 Å². The van der Waals surface area contributed by atoms with Crippen molar-refractivity contribution in [3.8, 4) is 11.5 Å². The molecule has 0 atom stereocenters. The van der Waals surface area contributed by atoms with Crippen molar-refractivity contribution in [2.24, 2.45) is 0 Å². The van der Waals surface area contributed by atoms with Crippen molar-refractivity contribution in [2.45, 2.75) is 0 Å². The minimum absolute atomic E-state index is 0.108. The maximum Gasteiger partial charge on any atom is 0.333 e. The first-order valence-corrected chi connectivity index (χ1v) is 6.32. The van der Waals surface area contributed by atoms with Gasteiger partial charge in [-0.1, -0.05) is 24.8 Å². The van der Waals surface area contributed by atoms with Crippen LogP contribution in [0.15, 0.2) is 66.9 Å². The van der Waals surface area contributed by atoms with Crippen LogP contribution in [0.2, 0.25) is 0 Å².